The molecule has 4 aromatic rings. The fraction of sp³-hybridized carbons (Fsp3) is 0.500. The Hall–Kier alpha value is -3.52. The quantitative estimate of drug-likeness (QED) is 0.0894. The number of rotatable bonds is 2. The Balaban J connectivity index is 0.00000217. The van der Waals surface area contributed by atoms with Crippen LogP contribution in [0.5, 0.6) is 0 Å². The van der Waals surface area contributed by atoms with Gasteiger partial charge in [-0.2, -0.15) is 4.98 Å². The third-order valence-corrected chi connectivity index (χ3v) is 9.77. The van der Waals surface area contributed by atoms with Gasteiger partial charge in [-0.25, -0.2) is 30.1 Å². The minimum atomic E-state index is -5.04. The van der Waals surface area contributed by atoms with Gasteiger partial charge < -0.3 is 62.3 Å². The summed E-state index contributed by atoms with van der Waals surface area (Å²) < 4.78 is 50.5. The number of nitrogens with one attached hydrogen (secondary N) is 3. The number of fused-ring (bicyclic) bond motifs is 4. The van der Waals surface area contributed by atoms with E-state index in [0.29, 0.717) is 0 Å². The van der Waals surface area contributed by atoms with Crippen molar-refractivity contribution in [2.75, 3.05) is 24.7 Å². The van der Waals surface area contributed by atoms with E-state index in [-0.39, 0.29) is 46.4 Å². The van der Waals surface area contributed by atoms with Crippen molar-refractivity contribution in [1.29, 1.82) is 0 Å². The molecule has 3 fully saturated rings. The summed E-state index contributed by atoms with van der Waals surface area (Å²) in [4.78, 5) is 60.6. The molecule has 7 heterocycles. The largest absolute Gasteiger partial charge is 0.766 e. The molecule has 47 heavy (non-hydrogen) atoms. The third-order valence-electron chi connectivity index (χ3n) is 7.57. The van der Waals surface area contributed by atoms with Gasteiger partial charge in [0.1, 0.15) is 36.3 Å². The van der Waals surface area contributed by atoms with Crippen LogP contribution in [0.1, 0.15) is 12.5 Å². The number of imidazole rings is 2. The Morgan fingerprint density at radius 2 is 1.34 bits per heavy atom. The first-order valence-electron chi connectivity index (χ1n) is 13.1. The molecular formula is C20H30N14O11P2-2. The first-order valence-corrected chi connectivity index (χ1v) is 16.2. The number of hydrogen-bond acceptors (Lipinski definition) is 20. The van der Waals surface area contributed by atoms with Crippen LogP contribution in [0.2, 0.25) is 0 Å². The molecule has 10 atom stereocenters. The van der Waals surface area contributed by atoms with Crippen molar-refractivity contribution in [1.82, 2.24) is 61.5 Å². The van der Waals surface area contributed by atoms with Crippen molar-refractivity contribution in [3.05, 3.63) is 29.3 Å². The molecule has 27 heteroatoms. The average Bonchev–Trinajstić information content (AvgIpc) is 3.72. The number of aliphatic hydroxyl groups excluding tert-OH is 2. The van der Waals surface area contributed by atoms with Crippen molar-refractivity contribution in [2.24, 2.45) is 0 Å². The predicted octanol–water partition coefficient (Wildman–Crippen LogP) is -4.14. The summed E-state index contributed by atoms with van der Waals surface area (Å²) in [6, 6.07) is -2.99. The standard InChI is InChI=1S/C20H26N12O11P2.2H3N/c21-14-10-15(24-3-23-14)31(4-25-10)18-12(33)8-6(42-18)1-40-45(38,39)30-9-7(2-41-44(36,37)29-8)43-19(13(9)34)32-5-26-11-16(32)27-20(22)28-17(11)35;;/h3-9,12-13,18-19,33-34H,1-2H2,(H2,21,23,24)(H2,29,36,37)(H2,30,38,39)(H3,22,27,28,35);2*1H3/p-2/t6-,7-,8-,9-,12-,13-,18-,19-;;/m1../s1. The molecule has 0 aromatic carbocycles. The fourth-order valence-electron chi connectivity index (χ4n) is 5.52. The van der Waals surface area contributed by atoms with E-state index in [4.69, 9.17) is 30.0 Å². The number of nitrogens with two attached hydrogens (primary N) is 2. The molecule has 2 unspecified atom stereocenters. The molecule has 0 bridgehead atoms. The summed E-state index contributed by atoms with van der Waals surface area (Å²) in [5.41, 5.74) is 10.9. The van der Waals surface area contributed by atoms with E-state index < -0.39 is 83.2 Å². The highest BCUT2D eigenvalue weighted by Crippen LogP contribution is 2.45. The second-order valence-electron chi connectivity index (χ2n) is 10.4. The smallest absolute Gasteiger partial charge is 0.280 e. The lowest BCUT2D eigenvalue weighted by molar-refractivity contribution is -0.209. The summed E-state index contributed by atoms with van der Waals surface area (Å²) in [7, 11) is -10.1. The minimum Gasteiger partial charge on any atom is -0.766 e. The first-order chi connectivity index (χ1) is 21.3. The number of aliphatic hydroxyl groups is 2. The van der Waals surface area contributed by atoms with Crippen LogP contribution in [0, 0.1) is 0 Å². The number of aromatic nitrogens is 8. The van der Waals surface area contributed by atoms with Crippen LogP contribution in [0.15, 0.2) is 23.8 Å². The van der Waals surface area contributed by atoms with E-state index in [1.165, 1.54) is 10.9 Å². The predicted molar refractivity (Wildman–Crippen MR) is 153 cm³/mol. The molecule has 0 saturated carbocycles. The van der Waals surface area contributed by atoms with Crippen LogP contribution in [0.25, 0.3) is 22.3 Å². The third kappa shape index (κ3) is 6.14. The zero-order valence-corrected chi connectivity index (χ0v) is 25.7. The molecule has 15 N–H and O–H groups in total. The van der Waals surface area contributed by atoms with Crippen molar-refractivity contribution >= 4 is 49.6 Å². The highest BCUT2D eigenvalue weighted by Gasteiger charge is 2.50. The lowest BCUT2D eigenvalue weighted by Crippen LogP contribution is -2.50. The van der Waals surface area contributed by atoms with E-state index in [2.05, 4.69) is 40.1 Å². The molecule has 0 spiro atoms. The van der Waals surface area contributed by atoms with Gasteiger partial charge in [-0.15, -0.1) is 0 Å². The molecule has 0 amide bonds. The molecule has 4 aromatic heterocycles. The molecule has 0 radical (unpaired) electrons. The number of ether oxygens (including phenoxy) is 2. The normalized spacial score (nSPS) is 36.1. The van der Waals surface area contributed by atoms with Crippen LogP contribution in [0.4, 0.5) is 11.8 Å². The van der Waals surface area contributed by atoms with E-state index in [0.717, 1.165) is 17.2 Å². The van der Waals surface area contributed by atoms with Crippen molar-refractivity contribution < 1.29 is 47.7 Å². The SMILES string of the molecule is N.N.Nc1nc2c(ncn2[C@@H]2O[C@@H]3COP(=O)([O-])N[C@H]4[C@@H](O)[C@H](n5cnc6c(N)ncnc65)O[C@@H]4COP(=O)([O-])N[C@H]3[C@H]2O)c(=O)[nH]1. The Morgan fingerprint density at radius 1 is 0.830 bits per heavy atom. The van der Waals surface area contributed by atoms with E-state index in [9.17, 15) is 33.9 Å². The van der Waals surface area contributed by atoms with E-state index in [1.54, 1.807) is 0 Å². The van der Waals surface area contributed by atoms with Crippen LogP contribution in [-0.2, 0) is 27.7 Å². The Labute approximate surface area is 262 Å². The molecule has 0 aliphatic carbocycles. The van der Waals surface area contributed by atoms with Crippen LogP contribution in [-0.4, -0.2) is 99.0 Å². The first kappa shape index (κ1) is 34.8. The Bertz CT molecular complexity index is 1940. The monoisotopic (exact) mass is 704 g/mol. The number of H-pyrrole nitrogens is 1. The molecule has 258 valence electrons. The van der Waals surface area contributed by atoms with Gasteiger partial charge >= 0.3 is 0 Å². The minimum absolute atomic E-state index is 0. The van der Waals surface area contributed by atoms with Crippen molar-refractivity contribution in [3.8, 4) is 0 Å². The maximum atomic E-state index is 13.1. The molecule has 7 rings (SSSR count). The lowest BCUT2D eigenvalue weighted by atomic mass is 10.1. The second-order valence-corrected chi connectivity index (χ2v) is 13.4. The van der Waals surface area contributed by atoms with E-state index in [1.807, 2.05) is 0 Å². The topological polar surface area (TPSA) is 411 Å². The molecular weight excluding hydrogens is 674 g/mol. The lowest BCUT2D eigenvalue weighted by Gasteiger charge is -2.36. The number of nitrogen functional groups attached to an aromatic ring is 2. The Kier molecular flexibility index (Phi) is 9.25. The summed E-state index contributed by atoms with van der Waals surface area (Å²) in [6.45, 7) is -1.58. The summed E-state index contributed by atoms with van der Waals surface area (Å²) in [5, 5.41) is 26.7. The highest BCUT2D eigenvalue weighted by atomic mass is 31.2. The zero-order valence-electron chi connectivity index (χ0n) is 23.9. The fourth-order valence-corrected chi connectivity index (χ4v) is 7.72. The van der Waals surface area contributed by atoms with Gasteiger partial charge in [-0.1, -0.05) is 0 Å². The number of aromatic amines is 1. The molecule has 3 aliphatic rings. The summed E-state index contributed by atoms with van der Waals surface area (Å²) in [5.74, 6) is -0.219. The van der Waals surface area contributed by atoms with Crippen LogP contribution >= 0.6 is 15.5 Å². The van der Waals surface area contributed by atoms with Crippen LogP contribution < -0.4 is 49.3 Å². The molecule has 25 nitrogen and oxygen atoms in total. The number of nitrogens with zero attached hydrogens (tertiary/aromatic N) is 7. The van der Waals surface area contributed by atoms with Gasteiger partial charge in [-0.05, 0) is 0 Å². The van der Waals surface area contributed by atoms with Gasteiger partial charge in [0.15, 0.2) is 35.1 Å². The van der Waals surface area contributed by atoms with Crippen molar-refractivity contribution in [2.45, 2.75) is 49.0 Å². The second kappa shape index (κ2) is 12.5. The number of hydrogen-bond donors (Lipinski definition) is 9. The van der Waals surface area contributed by atoms with Gasteiger partial charge in [0, 0.05) is 0 Å². The highest BCUT2D eigenvalue weighted by molar-refractivity contribution is 7.49. The van der Waals surface area contributed by atoms with Gasteiger partial charge in [0.2, 0.25) is 21.4 Å². The maximum absolute atomic E-state index is 13.1. The molecule has 3 aliphatic heterocycles. The van der Waals surface area contributed by atoms with Crippen molar-refractivity contribution in [3.63, 3.8) is 0 Å². The summed E-state index contributed by atoms with van der Waals surface area (Å²) >= 11 is 0. The van der Waals surface area contributed by atoms with Gasteiger partial charge in [-0.3, -0.25) is 28.0 Å². The zero-order chi connectivity index (χ0) is 31.8. The van der Waals surface area contributed by atoms with Gasteiger partial charge in [0.25, 0.3) is 5.56 Å². The maximum Gasteiger partial charge on any atom is 0.280 e. The summed E-state index contributed by atoms with van der Waals surface area (Å²) in [6.07, 6.45) is -5.36. The van der Waals surface area contributed by atoms with Gasteiger partial charge in [0.05, 0.1) is 38.0 Å². The number of anilines is 2. The van der Waals surface area contributed by atoms with Crippen LogP contribution in [0.3, 0.4) is 0 Å². The van der Waals surface area contributed by atoms with E-state index >= 15 is 0 Å². The Morgan fingerprint density at radius 3 is 1.89 bits per heavy atom. The average molecular weight is 704 g/mol. The molecule has 3 saturated heterocycles.